The Kier molecular flexibility index (Phi) is 28.3. The highest BCUT2D eigenvalue weighted by atomic mass is 32.2. The van der Waals surface area contributed by atoms with E-state index in [1.807, 2.05) is 91.0 Å². The van der Waals surface area contributed by atoms with Crippen molar-refractivity contribution < 1.29 is 83.7 Å². The number of amides is 9. The van der Waals surface area contributed by atoms with E-state index >= 15 is 0 Å². The molecular weight excluding hydrogens is 1430 g/mol. The molecule has 5 aliphatic rings. The predicted octanol–water partition coefficient (Wildman–Crippen LogP) is 4.19. The summed E-state index contributed by atoms with van der Waals surface area (Å²) in [6, 6.07) is 41.5. The van der Waals surface area contributed by atoms with Crippen molar-refractivity contribution in [2.24, 2.45) is 5.92 Å². The summed E-state index contributed by atoms with van der Waals surface area (Å²) in [5, 5.41) is 51.1. The number of sulfonamides is 3. The highest BCUT2D eigenvalue weighted by molar-refractivity contribution is 8.02. The average Bonchev–Trinajstić information content (AvgIpc) is 0.842. The van der Waals surface area contributed by atoms with Crippen molar-refractivity contribution in [2.75, 3.05) is 32.1 Å². The smallest absolute Gasteiger partial charge is 0.328 e. The van der Waals surface area contributed by atoms with Gasteiger partial charge in [0.05, 0.1) is 40.2 Å². The summed E-state index contributed by atoms with van der Waals surface area (Å²) < 4.78 is 81.9. The fraction of sp³-hybridized carbons (Fsp3) is 0.357. The van der Waals surface area contributed by atoms with E-state index in [-0.39, 0.29) is 84.8 Å². The molecule has 0 radical (unpaired) electrons. The van der Waals surface area contributed by atoms with E-state index in [4.69, 9.17) is 0 Å². The van der Waals surface area contributed by atoms with Crippen LogP contribution in [-0.4, -0.2) is 186 Å². The minimum atomic E-state index is -3.99. The molecule has 11 rings (SSSR count). The molecule has 2 bridgehead atoms. The maximum atomic E-state index is 13.5. The molecule has 4 aliphatic heterocycles. The van der Waals surface area contributed by atoms with Crippen LogP contribution in [0.15, 0.2) is 197 Å². The number of hydrogen-bond acceptors (Lipinski definition) is 16. The van der Waals surface area contributed by atoms with Crippen LogP contribution in [0.1, 0.15) is 69.1 Å². The lowest BCUT2D eigenvalue weighted by Gasteiger charge is -2.49. The fourth-order valence-corrected chi connectivity index (χ4v) is 18.9. The lowest BCUT2D eigenvalue weighted by Crippen LogP contribution is -2.64. The summed E-state index contributed by atoms with van der Waals surface area (Å²) >= 11 is 1.28. The SMILES string of the molecule is CC1(C)SCN(S(=O)(=O)c2ccccc2)[C@@H]1C(=O)N[C@@H](CNC(=O)NCc1ccccc1)C(=O)O.O=C(NCc1ccccc1)NC[C@H](NC(=O)[C@@H]1C2CCC(CC2)N1S(=O)(=O)c1ccccc1)C(=O)O.O=C(NCc1ccccc1)NC[C@H](NC(=O)[C@@H]1CCCN1S(=O)(=O)c1ccccc1)C(=O)O. The van der Waals surface area contributed by atoms with E-state index in [1.165, 1.54) is 52.5 Å². The van der Waals surface area contributed by atoms with E-state index in [1.54, 1.807) is 68.4 Å². The van der Waals surface area contributed by atoms with Crippen LogP contribution in [0.2, 0.25) is 0 Å². The summed E-state index contributed by atoms with van der Waals surface area (Å²) in [6.45, 7) is 3.28. The van der Waals surface area contributed by atoms with Crippen molar-refractivity contribution in [3.63, 3.8) is 0 Å². The number of nitrogens with zero attached hydrogens (tertiary/aromatic N) is 3. The van der Waals surface area contributed by atoms with Crippen LogP contribution >= 0.6 is 11.8 Å². The van der Waals surface area contributed by atoms with Gasteiger partial charge >= 0.3 is 36.0 Å². The third-order valence-electron chi connectivity index (χ3n) is 17.5. The summed E-state index contributed by atoms with van der Waals surface area (Å²) in [7, 11) is -11.9. The van der Waals surface area contributed by atoms with Gasteiger partial charge in [0.25, 0.3) is 0 Å². The summed E-state index contributed by atoms with van der Waals surface area (Å²) in [5.74, 6) is -6.33. The van der Waals surface area contributed by atoms with Crippen LogP contribution in [0, 0.1) is 5.92 Å². The standard InChI is InChI=1S/C25H30N4O6S.C23H28N4O6S2.C22H26N4O6S/c30-23(28-21(24(31)32)16-27-25(33)26-15-17-7-3-1-4-8-17)22-18-11-13-19(14-12-18)29(22)36(34,35)20-9-5-2-6-10-20;1-23(2)19(27(15-34-23)35(32,33)17-11-7-4-8-12-17)20(28)26-18(21(29)30)14-25-22(31)24-13-16-9-5-3-6-10-16;27-20(19-12-7-13-26(19)33(31,32)17-10-5-2-6-11-17)25-18(21(28)29)15-24-22(30)23-14-16-8-3-1-4-9-16/h1-10,18-19,21-22H,11-16H2,(H,28,30)(H,31,32)(H2,26,27,33);3-12,18-19H,13-15H2,1-2H3,(H,26,28)(H,29,30)(H2,24,25,31);1-6,8-11,18-19H,7,12-15H2,(H,25,27)(H,28,29)(H2,23,24,30)/t18?,19?,21-,22-;18-,19+;18-,19-/m000/s1. The van der Waals surface area contributed by atoms with Crippen LogP contribution in [0.25, 0.3) is 0 Å². The molecule has 4 saturated heterocycles. The maximum absolute atomic E-state index is 13.5. The number of carbonyl (C=O) groups excluding carboxylic acids is 6. The van der Waals surface area contributed by atoms with Crippen LogP contribution in [-0.2, 0) is 78.5 Å². The Morgan fingerprint density at radius 1 is 0.433 bits per heavy atom. The van der Waals surface area contributed by atoms with E-state index in [0.29, 0.717) is 32.1 Å². The Labute approximate surface area is 607 Å². The van der Waals surface area contributed by atoms with Crippen molar-refractivity contribution in [3.05, 3.63) is 199 Å². The van der Waals surface area contributed by atoms with Gasteiger partial charge in [-0.25, -0.2) is 54.0 Å². The minimum Gasteiger partial charge on any atom is -0.480 e. The highest BCUT2D eigenvalue weighted by Crippen LogP contribution is 2.44. The van der Waals surface area contributed by atoms with Gasteiger partial charge in [0, 0.05) is 37.0 Å². The van der Waals surface area contributed by atoms with Crippen molar-refractivity contribution in [2.45, 2.75) is 134 Å². The first-order valence-corrected chi connectivity index (χ1v) is 38.5. The zero-order valence-electron chi connectivity index (χ0n) is 56.8. The molecule has 6 aromatic rings. The van der Waals surface area contributed by atoms with E-state index in [0.717, 1.165) is 25.3 Å². The lowest BCUT2D eigenvalue weighted by atomic mass is 9.76. The van der Waals surface area contributed by atoms with Crippen LogP contribution in [0.5, 0.6) is 0 Å². The molecule has 6 aromatic carbocycles. The number of carboxylic acids is 3. The molecule has 1 saturated carbocycles. The van der Waals surface area contributed by atoms with Gasteiger partial charge in [-0.3, -0.25) is 14.4 Å². The lowest BCUT2D eigenvalue weighted by molar-refractivity contribution is -0.143. The van der Waals surface area contributed by atoms with Crippen molar-refractivity contribution >= 4 is 95.6 Å². The summed E-state index contributed by atoms with van der Waals surface area (Å²) in [4.78, 5) is 111. The third-order valence-corrected chi connectivity index (χ3v) is 24.7. The van der Waals surface area contributed by atoms with Gasteiger partial charge in [0.15, 0.2) is 0 Å². The molecule has 0 spiro atoms. The normalized spacial score (nSPS) is 19.4. The number of urea groups is 3. The molecule has 9 amide bonds. The van der Waals surface area contributed by atoms with Crippen molar-refractivity contribution in [1.29, 1.82) is 0 Å². The molecule has 1 aliphatic carbocycles. The first kappa shape index (κ1) is 79.7. The predicted molar refractivity (Wildman–Crippen MR) is 383 cm³/mol. The van der Waals surface area contributed by atoms with Crippen LogP contribution in [0.4, 0.5) is 14.4 Å². The first-order chi connectivity index (χ1) is 49.6. The van der Waals surface area contributed by atoms with Crippen LogP contribution < -0.4 is 47.9 Å². The van der Waals surface area contributed by atoms with E-state index < -0.39 is 125 Å². The number of aliphatic carboxylic acids is 3. The van der Waals surface area contributed by atoms with Gasteiger partial charge in [0.2, 0.25) is 47.8 Å². The molecule has 6 atom stereocenters. The highest BCUT2D eigenvalue weighted by Gasteiger charge is 2.53. The van der Waals surface area contributed by atoms with E-state index in [2.05, 4.69) is 47.9 Å². The number of rotatable bonds is 27. The summed E-state index contributed by atoms with van der Waals surface area (Å²) in [6.07, 6.45) is 3.46. The van der Waals surface area contributed by atoms with E-state index in [9.17, 15) is 83.7 Å². The molecule has 4 heterocycles. The number of hydrogen-bond donors (Lipinski definition) is 12. The molecule has 12 N–H and O–H groups in total. The molecule has 0 aromatic heterocycles. The fourth-order valence-electron chi connectivity index (χ4n) is 12.1. The Bertz CT molecular complexity index is 4290. The summed E-state index contributed by atoms with van der Waals surface area (Å²) in [5.41, 5.74) is 2.62. The molecule has 30 nitrogen and oxygen atoms in total. The number of fused-ring (bicyclic) bond motifs is 3. The number of carbonyl (C=O) groups is 9. The zero-order chi connectivity index (χ0) is 75.2. The molecule has 0 unspecified atom stereocenters. The second kappa shape index (κ2) is 36.9. The first-order valence-electron chi connectivity index (χ1n) is 33.2. The number of nitrogens with one attached hydrogen (secondary N) is 9. The molecule has 556 valence electrons. The molecular formula is C70H84N12O18S4. The second-order valence-corrected chi connectivity index (χ2v) is 32.3. The zero-order valence-corrected chi connectivity index (χ0v) is 60.0. The average molecular weight is 1510 g/mol. The van der Waals surface area contributed by atoms with Gasteiger partial charge in [-0.15, -0.1) is 11.8 Å². The van der Waals surface area contributed by atoms with Gasteiger partial charge < -0.3 is 63.2 Å². The number of piperidine rings is 2. The number of carboxylic acid groups (broad SMARTS) is 3. The quantitative estimate of drug-likeness (QED) is 0.0344. The minimum absolute atomic E-state index is 0.0419. The molecule has 5 fully saturated rings. The number of thioether (sulfide) groups is 1. The van der Waals surface area contributed by atoms with Gasteiger partial charge in [-0.2, -0.15) is 12.9 Å². The van der Waals surface area contributed by atoms with Crippen LogP contribution in [0.3, 0.4) is 0 Å². The Hall–Kier alpha value is -9.97. The van der Waals surface area contributed by atoms with Gasteiger partial charge in [-0.05, 0) is 111 Å². The van der Waals surface area contributed by atoms with Gasteiger partial charge in [0.1, 0.15) is 36.3 Å². The largest absolute Gasteiger partial charge is 0.480 e. The Balaban J connectivity index is 0.000000198. The van der Waals surface area contributed by atoms with Gasteiger partial charge in [-0.1, -0.05) is 146 Å². The second-order valence-electron chi connectivity index (χ2n) is 25.1. The monoisotopic (exact) mass is 1510 g/mol. The van der Waals surface area contributed by atoms with Crippen molar-refractivity contribution in [3.8, 4) is 0 Å². The Morgan fingerprint density at radius 2 is 0.769 bits per heavy atom. The van der Waals surface area contributed by atoms with Crippen molar-refractivity contribution in [1.82, 2.24) is 60.8 Å². The third kappa shape index (κ3) is 21.6. The molecule has 104 heavy (non-hydrogen) atoms. The topological polar surface area (TPSA) is 435 Å². The Morgan fingerprint density at radius 3 is 1.14 bits per heavy atom. The molecule has 34 heteroatoms. The number of benzene rings is 6. The maximum Gasteiger partial charge on any atom is 0.328 e.